The van der Waals surface area contributed by atoms with Crippen molar-refractivity contribution in [3.8, 4) is 0 Å². The second-order valence-electron chi connectivity index (χ2n) is 5.03. The first-order valence-corrected chi connectivity index (χ1v) is 6.58. The molecule has 1 aromatic carbocycles. The summed E-state index contributed by atoms with van der Waals surface area (Å²) in [6.07, 6.45) is 2.29. The van der Waals surface area contributed by atoms with E-state index >= 15 is 0 Å². The minimum absolute atomic E-state index is 0.192. The van der Waals surface area contributed by atoms with E-state index in [0.29, 0.717) is 12.1 Å². The van der Waals surface area contributed by atoms with E-state index in [1.54, 1.807) is 0 Å². The largest absolute Gasteiger partial charge is 0.377 e. The molecule has 1 saturated heterocycles. The number of halogens is 2. The van der Waals surface area contributed by atoms with E-state index in [1.807, 2.05) is 11.9 Å². The Balaban J connectivity index is 2.08. The fraction of sp³-hybridized carbons (Fsp3) is 0.571. The maximum atomic E-state index is 13.3. The van der Waals surface area contributed by atoms with E-state index in [9.17, 15) is 8.78 Å². The second kappa shape index (κ2) is 6.41. The summed E-state index contributed by atoms with van der Waals surface area (Å²) in [6, 6.07) is 3.35. The van der Waals surface area contributed by atoms with Crippen LogP contribution < -0.4 is 5.73 Å². The molecular formula is C14H20F2N2O. The SMILES string of the molecule is CN(CC1CCCO1)C(CN)c1cc(F)cc(F)c1. The summed E-state index contributed by atoms with van der Waals surface area (Å²) in [7, 11) is 1.90. The molecule has 0 radical (unpaired) electrons. The molecule has 1 aliphatic heterocycles. The first-order valence-electron chi connectivity index (χ1n) is 6.58. The van der Waals surface area contributed by atoms with Crippen LogP contribution in [0.2, 0.25) is 0 Å². The minimum Gasteiger partial charge on any atom is -0.377 e. The van der Waals surface area contributed by atoms with Gasteiger partial charge in [-0.05, 0) is 37.6 Å². The highest BCUT2D eigenvalue weighted by Gasteiger charge is 2.23. The van der Waals surface area contributed by atoms with Crippen molar-refractivity contribution < 1.29 is 13.5 Å². The summed E-state index contributed by atoms with van der Waals surface area (Å²) in [5.41, 5.74) is 6.32. The Morgan fingerprint density at radius 2 is 2.05 bits per heavy atom. The van der Waals surface area contributed by atoms with E-state index in [1.165, 1.54) is 12.1 Å². The first kappa shape index (κ1) is 14.4. The van der Waals surface area contributed by atoms with E-state index in [4.69, 9.17) is 10.5 Å². The number of ether oxygens (including phenoxy) is 1. The van der Waals surface area contributed by atoms with Crippen molar-refractivity contribution in [1.29, 1.82) is 0 Å². The van der Waals surface area contributed by atoms with Crippen molar-refractivity contribution >= 4 is 0 Å². The summed E-state index contributed by atoms with van der Waals surface area (Å²) in [6.45, 7) is 1.83. The highest BCUT2D eigenvalue weighted by Crippen LogP contribution is 2.23. The van der Waals surface area contributed by atoms with E-state index in [0.717, 1.165) is 32.1 Å². The summed E-state index contributed by atoms with van der Waals surface area (Å²) < 4.78 is 32.1. The minimum atomic E-state index is -0.570. The Hall–Kier alpha value is -1.04. The summed E-state index contributed by atoms with van der Waals surface area (Å²) in [4.78, 5) is 2.00. The van der Waals surface area contributed by atoms with Crippen LogP contribution in [0, 0.1) is 11.6 Å². The molecule has 1 fully saturated rings. The predicted octanol–water partition coefficient (Wildman–Crippen LogP) is 2.08. The van der Waals surface area contributed by atoms with Gasteiger partial charge in [0.05, 0.1) is 6.10 Å². The smallest absolute Gasteiger partial charge is 0.126 e. The Kier molecular flexibility index (Phi) is 4.85. The molecule has 2 unspecified atom stereocenters. The van der Waals surface area contributed by atoms with Crippen molar-refractivity contribution in [3.05, 3.63) is 35.4 Å². The van der Waals surface area contributed by atoms with Crippen LogP contribution >= 0.6 is 0 Å². The van der Waals surface area contributed by atoms with Crippen LogP contribution in [0.25, 0.3) is 0 Å². The van der Waals surface area contributed by atoms with Gasteiger partial charge in [-0.1, -0.05) is 0 Å². The van der Waals surface area contributed by atoms with Gasteiger partial charge in [-0.2, -0.15) is 0 Å². The molecule has 1 heterocycles. The fourth-order valence-electron chi connectivity index (χ4n) is 2.57. The van der Waals surface area contributed by atoms with Crippen LogP contribution in [-0.2, 0) is 4.74 Å². The zero-order valence-electron chi connectivity index (χ0n) is 11.1. The van der Waals surface area contributed by atoms with Gasteiger partial charge < -0.3 is 10.5 Å². The standard InChI is InChI=1S/C14H20F2N2O/c1-18(9-13-3-2-4-19-13)14(8-17)10-5-11(15)7-12(16)6-10/h5-7,13-14H,2-4,8-9,17H2,1H3. The van der Waals surface area contributed by atoms with Gasteiger partial charge >= 0.3 is 0 Å². The maximum Gasteiger partial charge on any atom is 0.126 e. The van der Waals surface area contributed by atoms with Crippen LogP contribution in [0.5, 0.6) is 0 Å². The quantitative estimate of drug-likeness (QED) is 0.890. The van der Waals surface area contributed by atoms with Crippen molar-refractivity contribution in [1.82, 2.24) is 4.90 Å². The number of nitrogens with two attached hydrogens (primary N) is 1. The predicted molar refractivity (Wildman–Crippen MR) is 69.8 cm³/mol. The molecule has 0 amide bonds. The molecule has 0 spiro atoms. The molecule has 19 heavy (non-hydrogen) atoms. The molecule has 3 nitrogen and oxygen atoms in total. The third-order valence-electron chi connectivity index (χ3n) is 3.54. The number of benzene rings is 1. The Bertz CT molecular complexity index is 402. The van der Waals surface area contributed by atoms with Crippen LogP contribution in [0.3, 0.4) is 0 Å². The lowest BCUT2D eigenvalue weighted by atomic mass is 10.0. The molecule has 0 aromatic heterocycles. The summed E-state index contributed by atoms with van der Waals surface area (Å²) in [5.74, 6) is -1.14. The fourth-order valence-corrected chi connectivity index (χ4v) is 2.57. The normalized spacial score (nSPS) is 21.0. The summed E-state index contributed by atoms with van der Waals surface area (Å²) in [5, 5.41) is 0. The van der Waals surface area contributed by atoms with Gasteiger partial charge in [0.2, 0.25) is 0 Å². The molecule has 1 aliphatic rings. The second-order valence-corrected chi connectivity index (χ2v) is 5.03. The van der Waals surface area contributed by atoms with Crippen molar-refractivity contribution in [2.45, 2.75) is 25.0 Å². The molecule has 106 valence electrons. The van der Waals surface area contributed by atoms with Crippen molar-refractivity contribution in [2.75, 3.05) is 26.7 Å². The van der Waals surface area contributed by atoms with Crippen LogP contribution in [-0.4, -0.2) is 37.7 Å². The lowest BCUT2D eigenvalue weighted by molar-refractivity contribution is 0.0689. The van der Waals surface area contributed by atoms with Gasteiger partial charge in [0, 0.05) is 31.8 Å². The third-order valence-corrected chi connectivity index (χ3v) is 3.54. The number of hydrogen-bond acceptors (Lipinski definition) is 3. The zero-order valence-corrected chi connectivity index (χ0v) is 11.1. The highest BCUT2D eigenvalue weighted by molar-refractivity contribution is 5.22. The molecule has 2 rings (SSSR count). The van der Waals surface area contributed by atoms with Gasteiger partial charge in [-0.3, -0.25) is 4.90 Å². The van der Waals surface area contributed by atoms with Gasteiger partial charge in [0.25, 0.3) is 0 Å². The van der Waals surface area contributed by atoms with Gasteiger partial charge in [0.1, 0.15) is 11.6 Å². The van der Waals surface area contributed by atoms with Crippen LogP contribution in [0.1, 0.15) is 24.4 Å². The van der Waals surface area contributed by atoms with Crippen molar-refractivity contribution in [2.24, 2.45) is 5.73 Å². The van der Waals surface area contributed by atoms with Gasteiger partial charge in [0.15, 0.2) is 0 Å². The topological polar surface area (TPSA) is 38.5 Å². The van der Waals surface area contributed by atoms with E-state index in [2.05, 4.69) is 0 Å². The number of likely N-dealkylation sites (N-methyl/N-ethyl adjacent to an activating group) is 1. The highest BCUT2D eigenvalue weighted by atomic mass is 19.1. The molecule has 5 heteroatoms. The number of hydrogen-bond donors (Lipinski definition) is 1. The van der Waals surface area contributed by atoms with Gasteiger partial charge in [-0.15, -0.1) is 0 Å². The van der Waals surface area contributed by atoms with Gasteiger partial charge in [-0.25, -0.2) is 8.78 Å². The number of rotatable bonds is 5. The molecule has 0 bridgehead atoms. The molecular weight excluding hydrogens is 250 g/mol. The average molecular weight is 270 g/mol. The van der Waals surface area contributed by atoms with E-state index in [-0.39, 0.29) is 12.1 Å². The Labute approximate surface area is 112 Å². The number of nitrogens with zero attached hydrogens (tertiary/aromatic N) is 1. The zero-order chi connectivity index (χ0) is 13.8. The van der Waals surface area contributed by atoms with Crippen LogP contribution in [0.4, 0.5) is 8.78 Å². The maximum absolute atomic E-state index is 13.3. The van der Waals surface area contributed by atoms with Crippen LogP contribution in [0.15, 0.2) is 18.2 Å². The average Bonchev–Trinajstić information content (AvgIpc) is 2.81. The molecule has 0 aliphatic carbocycles. The molecule has 2 atom stereocenters. The van der Waals surface area contributed by atoms with E-state index < -0.39 is 11.6 Å². The lowest BCUT2D eigenvalue weighted by Crippen LogP contribution is -2.36. The molecule has 1 aromatic rings. The third kappa shape index (κ3) is 3.72. The lowest BCUT2D eigenvalue weighted by Gasteiger charge is -2.29. The Morgan fingerprint density at radius 1 is 1.37 bits per heavy atom. The molecule has 0 saturated carbocycles. The summed E-state index contributed by atoms with van der Waals surface area (Å²) >= 11 is 0. The monoisotopic (exact) mass is 270 g/mol. The van der Waals surface area contributed by atoms with Crippen molar-refractivity contribution in [3.63, 3.8) is 0 Å². The first-order chi connectivity index (χ1) is 9.10. The molecule has 2 N–H and O–H groups in total. The Morgan fingerprint density at radius 3 is 2.58 bits per heavy atom.